The molecule has 0 radical (unpaired) electrons. The number of carbonyl (C=O) groups excluding carboxylic acids is 2. The zero-order valence-corrected chi connectivity index (χ0v) is 16.2. The summed E-state index contributed by atoms with van der Waals surface area (Å²) in [4.78, 5) is 26.8. The largest absolute Gasteiger partial charge is 0.482 e. The number of nitrogens with one attached hydrogen (secondary N) is 1. The van der Waals surface area contributed by atoms with Crippen LogP contribution in [0, 0.1) is 0 Å². The lowest BCUT2D eigenvalue weighted by molar-refractivity contribution is -0.140. The van der Waals surface area contributed by atoms with E-state index in [0.29, 0.717) is 28.8 Å². The third-order valence-corrected chi connectivity index (χ3v) is 5.60. The highest BCUT2D eigenvalue weighted by molar-refractivity contribution is 6.35. The van der Waals surface area contributed by atoms with Crippen molar-refractivity contribution in [3.8, 4) is 5.75 Å². The molecule has 0 spiro atoms. The van der Waals surface area contributed by atoms with Crippen LogP contribution in [0.25, 0.3) is 0 Å². The first-order valence-corrected chi connectivity index (χ1v) is 9.98. The molecule has 1 aromatic carbocycles. The topological polar surface area (TPSA) is 58.6 Å². The molecule has 1 aliphatic heterocycles. The van der Waals surface area contributed by atoms with Gasteiger partial charge in [-0.05, 0) is 43.9 Å². The maximum Gasteiger partial charge on any atom is 0.261 e. The van der Waals surface area contributed by atoms with Crippen LogP contribution in [0.2, 0.25) is 10.0 Å². The van der Waals surface area contributed by atoms with Crippen molar-refractivity contribution in [2.75, 3.05) is 13.2 Å². The first kappa shape index (κ1) is 19.3. The van der Waals surface area contributed by atoms with Crippen molar-refractivity contribution < 1.29 is 14.3 Å². The Morgan fingerprint density at radius 1 is 1.12 bits per heavy atom. The standard InChI is InChI=1S/C19H24Cl2N2O3/c20-13-8-9-17(15(21)11-13)26-12-18(24)23-10-4-7-16(23)19(25)22-14-5-2-1-3-6-14/h8-9,11,14,16H,1-7,10,12H2,(H,22,25)/t16-/m0/s1. The molecule has 0 unspecified atom stereocenters. The van der Waals surface area contributed by atoms with Gasteiger partial charge in [-0.3, -0.25) is 9.59 Å². The minimum absolute atomic E-state index is 0.0349. The molecule has 0 aromatic heterocycles. The SMILES string of the molecule is O=C(NC1CCCCC1)[C@@H]1CCCN1C(=O)COc1ccc(Cl)cc1Cl. The van der Waals surface area contributed by atoms with E-state index in [1.54, 1.807) is 23.1 Å². The van der Waals surface area contributed by atoms with E-state index in [1.807, 2.05) is 0 Å². The van der Waals surface area contributed by atoms with Gasteiger partial charge < -0.3 is 15.0 Å². The Morgan fingerprint density at radius 2 is 1.88 bits per heavy atom. The van der Waals surface area contributed by atoms with Crippen molar-refractivity contribution in [2.24, 2.45) is 0 Å². The van der Waals surface area contributed by atoms with Gasteiger partial charge in [0.15, 0.2) is 6.61 Å². The Bertz CT molecular complexity index is 662. The number of rotatable bonds is 5. The van der Waals surface area contributed by atoms with Crippen LogP contribution in [-0.2, 0) is 9.59 Å². The average molecular weight is 399 g/mol. The van der Waals surface area contributed by atoms with Crippen molar-refractivity contribution in [1.82, 2.24) is 10.2 Å². The number of ether oxygens (including phenoxy) is 1. The van der Waals surface area contributed by atoms with Gasteiger partial charge in [-0.2, -0.15) is 0 Å². The van der Waals surface area contributed by atoms with Gasteiger partial charge in [-0.15, -0.1) is 0 Å². The van der Waals surface area contributed by atoms with Crippen LogP contribution in [0.1, 0.15) is 44.9 Å². The molecule has 2 aliphatic rings. The van der Waals surface area contributed by atoms with Gasteiger partial charge in [0.2, 0.25) is 5.91 Å². The van der Waals surface area contributed by atoms with Crippen molar-refractivity contribution in [1.29, 1.82) is 0 Å². The summed E-state index contributed by atoms with van der Waals surface area (Å²) in [6.07, 6.45) is 7.16. The quantitative estimate of drug-likeness (QED) is 0.819. The first-order valence-electron chi connectivity index (χ1n) is 9.22. The van der Waals surface area contributed by atoms with Crippen LogP contribution in [0.5, 0.6) is 5.75 Å². The fourth-order valence-electron chi connectivity index (χ4n) is 3.70. The average Bonchev–Trinajstić information content (AvgIpc) is 3.11. The lowest BCUT2D eigenvalue weighted by Crippen LogP contribution is -2.50. The fraction of sp³-hybridized carbons (Fsp3) is 0.579. The molecule has 1 N–H and O–H groups in total. The second-order valence-corrected chi connectivity index (χ2v) is 7.80. The molecule has 1 atom stereocenters. The molecule has 1 saturated heterocycles. The summed E-state index contributed by atoms with van der Waals surface area (Å²) >= 11 is 11.9. The van der Waals surface area contributed by atoms with E-state index in [0.717, 1.165) is 32.1 Å². The molecule has 26 heavy (non-hydrogen) atoms. The lowest BCUT2D eigenvalue weighted by atomic mass is 9.95. The summed E-state index contributed by atoms with van der Waals surface area (Å²) in [7, 11) is 0. The van der Waals surface area contributed by atoms with E-state index >= 15 is 0 Å². The number of hydrogen-bond donors (Lipinski definition) is 1. The summed E-state index contributed by atoms with van der Waals surface area (Å²) in [6.45, 7) is 0.438. The molecular weight excluding hydrogens is 375 g/mol. The highest BCUT2D eigenvalue weighted by atomic mass is 35.5. The monoisotopic (exact) mass is 398 g/mol. The Balaban J connectivity index is 1.54. The van der Waals surface area contributed by atoms with E-state index in [9.17, 15) is 9.59 Å². The normalized spacial score (nSPS) is 20.8. The molecule has 1 aromatic rings. The van der Waals surface area contributed by atoms with Crippen LogP contribution < -0.4 is 10.1 Å². The van der Waals surface area contributed by atoms with Crippen LogP contribution in [0.15, 0.2) is 18.2 Å². The molecule has 5 nitrogen and oxygen atoms in total. The van der Waals surface area contributed by atoms with Gasteiger partial charge in [0.1, 0.15) is 11.8 Å². The van der Waals surface area contributed by atoms with Crippen LogP contribution in [-0.4, -0.2) is 41.9 Å². The molecule has 3 rings (SSSR count). The Labute approximate surface area is 164 Å². The van der Waals surface area contributed by atoms with Crippen molar-refractivity contribution >= 4 is 35.0 Å². The Morgan fingerprint density at radius 3 is 2.62 bits per heavy atom. The molecule has 2 fully saturated rings. The van der Waals surface area contributed by atoms with E-state index < -0.39 is 6.04 Å². The van der Waals surface area contributed by atoms with Crippen LogP contribution in [0.4, 0.5) is 0 Å². The zero-order chi connectivity index (χ0) is 18.5. The highest BCUT2D eigenvalue weighted by Gasteiger charge is 2.35. The number of likely N-dealkylation sites (tertiary alicyclic amines) is 1. The second-order valence-electron chi connectivity index (χ2n) is 6.95. The summed E-state index contributed by atoms with van der Waals surface area (Å²) < 4.78 is 5.53. The van der Waals surface area contributed by atoms with E-state index in [-0.39, 0.29) is 24.5 Å². The van der Waals surface area contributed by atoms with Crippen molar-refractivity contribution in [3.05, 3.63) is 28.2 Å². The zero-order valence-electron chi connectivity index (χ0n) is 14.7. The van der Waals surface area contributed by atoms with Gasteiger partial charge in [-0.1, -0.05) is 42.5 Å². The van der Waals surface area contributed by atoms with Gasteiger partial charge >= 0.3 is 0 Å². The smallest absolute Gasteiger partial charge is 0.261 e. The van der Waals surface area contributed by atoms with E-state index in [4.69, 9.17) is 27.9 Å². The molecule has 1 aliphatic carbocycles. The molecule has 0 bridgehead atoms. The molecule has 142 valence electrons. The lowest BCUT2D eigenvalue weighted by Gasteiger charge is -2.28. The van der Waals surface area contributed by atoms with Crippen molar-refractivity contribution in [2.45, 2.75) is 57.0 Å². The Kier molecular flexibility index (Phi) is 6.65. The van der Waals surface area contributed by atoms with Crippen LogP contribution in [0.3, 0.4) is 0 Å². The van der Waals surface area contributed by atoms with E-state index in [1.165, 1.54) is 6.42 Å². The number of amides is 2. The number of benzene rings is 1. The predicted octanol–water partition coefficient (Wildman–Crippen LogP) is 3.81. The molecule has 1 heterocycles. The highest BCUT2D eigenvalue weighted by Crippen LogP contribution is 2.28. The summed E-state index contributed by atoms with van der Waals surface area (Å²) in [5, 5.41) is 3.99. The van der Waals surface area contributed by atoms with Gasteiger partial charge in [0.25, 0.3) is 5.91 Å². The Hall–Kier alpha value is -1.46. The number of hydrogen-bond acceptors (Lipinski definition) is 3. The summed E-state index contributed by atoms with van der Waals surface area (Å²) in [5.74, 6) is 0.177. The summed E-state index contributed by atoms with van der Waals surface area (Å²) in [6, 6.07) is 4.71. The molecule has 1 saturated carbocycles. The number of carbonyl (C=O) groups is 2. The fourth-order valence-corrected chi connectivity index (χ4v) is 4.16. The maximum absolute atomic E-state index is 12.6. The first-order chi connectivity index (χ1) is 12.5. The van der Waals surface area contributed by atoms with Gasteiger partial charge in [0.05, 0.1) is 5.02 Å². The second kappa shape index (κ2) is 8.96. The van der Waals surface area contributed by atoms with E-state index in [2.05, 4.69) is 5.32 Å². The number of nitrogens with zero attached hydrogens (tertiary/aromatic N) is 1. The predicted molar refractivity (Wildman–Crippen MR) is 102 cm³/mol. The molecule has 2 amide bonds. The molecular formula is C19H24Cl2N2O3. The number of halogens is 2. The third kappa shape index (κ3) is 4.83. The van der Waals surface area contributed by atoms with Gasteiger partial charge in [-0.25, -0.2) is 0 Å². The van der Waals surface area contributed by atoms with Crippen LogP contribution >= 0.6 is 23.2 Å². The van der Waals surface area contributed by atoms with Gasteiger partial charge in [0, 0.05) is 17.6 Å². The minimum atomic E-state index is -0.395. The summed E-state index contributed by atoms with van der Waals surface area (Å²) in [5.41, 5.74) is 0. The third-order valence-electron chi connectivity index (χ3n) is 5.07. The molecule has 7 heteroatoms. The minimum Gasteiger partial charge on any atom is -0.482 e. The van der Waals surface area contributed by atoms with Crippen molar-refractivity contribution in [3.63, 3.8) is 0 Å². The maximum atomic E-state index is 12.6.